The van der Waals surface area contributed by atoms with Crippen molar-refractivity contribution in [2.45, 2.75) is 32.8 Å². The molecule has 4 heteroatoms. The molecule has 0 aliphatic heterocycles. The Bertz CT molecular complexity index is 555. The fraction of sp³-hybridized carbons (Fsp3) is 0.333. The molecule has 2 rings (SSSR count). The fourth-order valence-corrected chi connectivity index (χ4v) is 2.32. The van der Waals surface area contributed by atoms with Crippen LogP contribution in [0.3, 0.4) is 0 Å². The Morgan fingerprint density at radius 1 is 1.21 bits per heavy atom. The molecule has 0 fully saturated rings. The lowest BCUT2D eigenvalue weighted by Crippen LogP contribution is -2.08. The standard InChI is InChI=1S/C15H17BrN2O/c1-3-14-13(8-10(2)17-18-14)15(19)9-11-4-6-12(16)7-5-11/h4-8,15,19H,3,9H2,1-2H3. The molecule has 0 saturated heterocycles. The average molecular weight is 321 g/mol. The van der Waals surface area contributed by atoms with Gasteiger partial charge in [-0.2, -0.15) is 10.2 Å². The second-order valence-electron chi connectivity index (χ2n) is 4.59. The van der Waals surface area contributed by atoms with Crippen LogP contribution >= 0.6 is 15.9 Å². The van der Waals surface area contributed by atoms with Gasteiger partial charge in [0.15, 0.2) is 0 Å². The van der Waals surface area contributed by atoms with Gasteiger partial charge in [0.1, 0.15) is 0 Å². The van der Waals surface area contributed by atoms with E-state index in [0.29, 0.717) is 6.42 Å². The fourth-order valence-electron chi connectivity index (χ4n) is 2.05. The molecule has 3 nitrogen and oxygen atoms in total. The van der Waals surface area contributed by atoms with Crippen molar-refractivity contribution in [1.82, 2.24) is 10.2 Å². The number of aryl methyl sites for hydroxylation is 2. The summed E-state index contributed by atoms with van der Waals surface area (Å²) in [5.74, 6) is 0. The van der Waals surface area contributed by atoms with Gasteiger partial charge in [-0.15, -0.1) is 0 Å². The third-order valence-corrected chi connectivity index (χ3v) is 3.59. The maximum Gasteiger partial charge on any atom is 0.0849 e. The molecule has 0 aliphatic carbocycles. The van der Waals surface area contributed by atoms with Crippen LogP contribution in [0.25, 0.3) is 0 Å². The molecule has 0 spiro atoms. The SMILES string of the molecule is CCc1nnc(C)cc1C(O)Cc1ccc(Br)cc1. The van der Waals surface area contributed by atoms with Crippen LogP contribution in [0.1, 0.15) is 35.5 Å². The molecule has 2 aromatic rings. The van der Waals surface area contributed by atoms with Crippen molar-refractivity contribution in [3.8, 4) is 0 Å². The number of benzene rings is 1. The van der Waals surface area contributed by atoms with E-state index in [0.717, 1.165) is 33.4 Å². The molecule has 1 unspecified atom stereocenters. The van der Waals surface area contributed by atoms with E-state index in [4.69, 9.17) is 0 Å². The van der Waals surface area contributed by atoms with Gasteiger partial charge in [-0.05, 0) is 37.1 Å². The molecule has 0 amide bonds. The highest BCUT2D eigenvalue weighted by Crippen LogP contribution is 2.22. The Labute approximate surface area is 121 Å². The Kier molecular flexibility index (Phi) is 4.66. The van der Waals surface area contributed by atoms with Gasteiger partial charge in [0.05, 0.1) is 17.5 Å². The predicted molar refractivity (Wildman–Crippen MR) is 79.0 cm³/mol. The summed E-state index contributed by atoms with van der Waals surface area (Å²) in [6.07, 6.45) is 0.830. The molecule has 0 saturated carbocycles. The minimum absolute atomic E-state index is 0.537. The lowest BCUT2D eigenvalue weighted by molar-refractivity contribution is 0.176. The summed E-state index contributed by atoms with van der Waals surface area (Å²) in [6, 6.07) is 9.92. The number of hydrogen-bond acceptors (Lipinski definition) is 3. The number of aliphatic hydroxyl groups excluding tert-OH is 1. The van der Waals surface area contributed by atoms with Crippen LogP contribution in [0.5, 0.6) is 0 Å². The summed E-state index contributed by atoms with van der Waals surface area (Å²) >= 11 is 3.41. The molecular weight excluding hydrogens is 304 g/mol. The molecule has 1 heterocycles. The highest BCUT2D eigenvalue weighted by atomic mass is 79.9. The van der Waals surface area contributed by atoms with Crippen LogP contribution in [0.4, 0.5) is 0 Å². The monoisotopic (exact) mass is 320 g/mol. The van der Waals surface area contributed by atoms with E-state index in [1.807, 2.05) is 44.2 Å². The zero-order valence-corrected chi connectivity index (χ0v) is 12.7. The average Bonchev–Trinajstić information content (AvgIpc) is 2.41. The van der Waals surface area contributed by atoms with E-state index < -0.39 is 6.10 Å². The summed E-state index contributed by atoms with van der Waals surface area (Å²) in [5.41, 5.74) is 3.70. The maximum atomic E-state index is 10.4. The van der Waals surface area contributed by atoms with E-state index in [1.165, 1.54) is 0 Å². The van der Waals surface area contributed by atoms with Crippen LogP contribution in [0.2, 0.25) is 0 Å². The molecule has 19 heavy (non-hydrogen) atoms. The topological polar surface area (TPSA) is 46.0 Å². The highest BCUT2D eigenvalue weighted by Gasteiger charge is 2.14. The van der Waals surface area contributed by atoms with Gasteiger partial charge in [-0.1, -0.05) is 35.0 Å². The maximum absolute atomic E-state index is 10.4. The Hall–Kier alpha value is -1.26. The van der Waals surface area contributed by atoms with Gasteiger partial charge in [-0.3, -0.25) is 0 Å². The molecule has 1 aromatic heterocycles. The van der Waals surface area contributed by atoms with Crippen LogP contribution in [0.15, 0.2) is 34.8 Å². The summed E-state index contributed by atoms with van der Waals surface area (Å²) in [6.45, 7) is 3.91. The summed E-state index contributed by atoms with van der Waals surface area (Å²) in [4.78, 5) is 0. The normalized spacial score (nSPS) is 12.4. The first kappa shape index (κ1) is 14.2. The molecule has 100 valence electrons. The Morgan fingerprint density at radius 2 is 1.89 bits per heavy atom. The number of nitrogens with zero attached hydrogens (tertiary/aromatic N) is 2. The minimum Gasteiger partial charge on any atom is -0.388 e. The van der Waals surface area contributed by atoms with Crippen molar-refractivity contribution in [3.05, 3.63) is 57.3 Å². The van der Waals surface area contributed by atoms with Crippen molar-refractivity contribution in [1.29, 1.82) is 0 Å². The first-order chi connectivity index (χ1) is 9.10. The van der Waals surface area contributed by atoms with Gasteiger partial charge in [-0.25, -0.2) is 0 Å². The van der Waals surface area contributed by atoms with Gasteiger partial charge in [0, 0.05) is 16.5 Å². The molecule has 1 aromatic carbocycles. The van der Waals surface area contributed by atoms with Crippen molar-refractivity contribution in [2.75, 3.05) is 0 Å². The van der Waals surface area contributed by atoms with Gasteiger partial charge in [0.25, 0.3) is 0 Å². The van der Waals surface area contributed by atoms with Crippen molar-refractivity contribution >= 4 is 15.9 Å². The smallest absolute Gasteiger partial charge is 0.0849 e. The number of aromatic nitrogens is 2. The second kappa shape index (κ2) is 6.26. The number of halogens is 1. The van der Waals surface area contributed by atoms with E-state index in [2.05, 4.69) is 26.1 Å². The molecule has 0 radical (unpaired) electrons. The third-order valence-electron chi connectivity index (χ3n) is 3.06. The van der Waals surface area contributed by atoms with E-state index in [9.17, 15) is 5.11 Å². The quantitative estimate of drug-likeness (QED) is 0.939. The van der Waals surface area contributed by atoms with Crippen LogP contribution in [-0.4, -0.2) is 15.3 Å². The summed E-state index contributed by atoms with van der Waals surface area (Å²) < 4.78 is 1.04. The highest BCUT2D eigenvalue weighted by molar-refractivity contribution is 9.10. The first-order valence-corrected chi connectivity index (χ1v) is 7.15. The van der Waals surface area contributed by atoms with E-state index in [1.54, 1.807) is 0 Å². The van der Waals surface area contributed by atoms with Gasteiger partial charge < -0.3 is 5.11 Å². The molecule has 0 bridgehead atoms. The van der Waals surface area contributed by atoms with Crippen molar-refractivity contribution in [3.63, 3.8) is 0 Å². The molecular formula is C15H17BrN2O. The van der Waals surface area contributed by atoms with Crippen molar-refractivity contribution < 1.29 is 5.11 Å². The van der Waals surface area contributed by atoms with E-state index >= 15 is 0 Å². The predicted octanol–water partition coefficient (Wildman–Crippen LogP) is 3.39. The summed E-state index contributed by atoms with van der Waals surface area (Å²) in [7, 11) is 0. The van der Waals surface area contributed by atoms with Crippen LogP contribution in [-0.2, 0) is 12.8 Å². The molecule has 1 N–H and O–H groups in total. The Morgan fingerprint density at radius 3 is 2.53 bits per heavy atom. The van der Waals surface area contributed by atoms with Crippen molar-refractivity contribution in [2.24, 2.45) is 0 Å². The van der Waals surface area contributed by atoms with Crippen LogP contribution < -0.4 is 0 Å². The summed E-state index contributed by atoms with van der Waals surface area (Å²) in [5, 5.41) is 18.6. The van der Waals surface area contributed by atoms with Gasteiger partial charge in [0.2, 0.25) is 0 Å². The molecule has 0 aliphatic rings. The minimum atomic E-state index is -0.537. The number of hydrogen-bond donors (Lipinski definition) is 1. The number of aliphatic hydroxyl groups is 1. The largest absolute Gasteiger partial charge is 0.388 e. The zero-order chi connectivity index (χ0) is 13.8. The van der Waals surface area contributed by atoms with E-state index in [-0.39, 0.29) is 0 Å². The van der Waals surface area contributed by atoms with Crippen LogP contribution in [0, 0.1) is 6.92 Å². The number of rotatable bonds is 4. The lowest BCUT2D eigenvalue weighted by Gasteiger charge is -2.14. The second-order valence-corrected chi connectivity index (χ2v) is 5.50. The Balaban J connectivity index is 2.21. The third kappa shape index (κ3) is 3.61. The first-order valence-electron chi connectivity index (χ1n) is 6.35. The lowest BCUT2D eigenvalue weighted by atomic mass is 9.99. The molecule has 1 atom stereocenters. The zero-order valence-electron chi connectivity index (χ0n) is 11.1. The van der Waals surface area contributed by atoms with Gasteiger partial charge >= 0.3 is 0 Å².